The third-order valence-electron chi connectivity index (χ3n) is 4.71. The van der Waals surface area contributed by atoms with Crippen molar-refractivity contribution in [1.29, 1.82) is 0 Å². The Bertz CT molecular complexity index is 616. The number of hydrogen-bond donors (Lipinski definition) is 0. The molecule has 0 radical (unpaired) electrons. The average Bonchev–Trinajstić information content (AvgIpc) is 2.92. The number of likely N-dealkylation sites (tertiary alicyclic amines) is 1. The van der Waals surface area contributed by atoms with Crippen LogP contribution in [0.5, 0.6) is 5.75 Å². The van der Waals surface area contributed by atoms with Gasteiger partial charge in [0.2, 0.25) is 0 Å². The Hall–Kier alpha value is -1.75. The number of quaternary nitrogens is 1. The maximum absolute atomic E-state index is 12.3. The molecule has 0 aliphatic carbocycles. The van der Waals surface area contributed by atoms with Crippen molar-refractivity contribution in [1.82, 2.24) is 4.90 Å². The van der Waals surface area contributed by atoms with Gasteiger partial charge in [-0.05, 0) is 38.8 Å². The van der Waals surface area contributed by atoms with E-state index in [-0.39, 0.29) is 6.09 Å². The number of hydroxylamine groups is 3. The van der Waals surface area contributed by atoms with Crippen molar-refractivity contribution in [3.63, 3.8) is 0 Å². The van der Waals surface area contributed by atoms with Gasteiger partial charge in [-0.3, -0.25) is 0 Å². The fourth-order valence-corrected chi connectivity index (χ4v) is 3.48. The smallest absolute Gasteiger partial charge is 0.410 e. The molecule has 24 heavy (non-hydrogen) atoms. The quantitative estimate of drug-likeness (QED) is 0.778. The molecule has 1 aromatic carbocycles. The number of fused-ring (bicyclic) bond motifs is 1. The highest BCUT2D eigenvalue weighted by molar-refractivity contribution is 5.69. The number of benzene rings is 1. The van der Waals surface area contributed by atoms with Gasteiger partial charge in [-0.25, -0.2) is 4.79 Å². The molecule has 0 bridgehead atoms. The highest BCUT2D eigenvalue weighted by atomic mass is 16.7. The number of hydrogen-bond acceptors (Lipinski definition) is 3. The van der Waals surface area contributed by atoms with Crippen molar-refractivity contribution in [3.8, 4) is 5.75 Å². The summed E-state index contributed by atoms with van der Waals surface area (Å²) < 4.78 is 6.16. The first kappa shape index (κ1) is 17.1. The van der Waals surface area contributed by atoms with Gasteiger partial charge in [0.15, 0.2) is 5.75 Å². The molecule has 1 amide bonds. The molecular weight excluding hydrogens is 304 g/mol. The van der Waals surface area contributed by atoms with E-state index >= 15 is 0 Å². The number of ether oxygens (including phenoxy) is 1. The fourth-order valence-electron chi connectivity index (χ4n) is 3.48. The molecule has 0 saturated carbocycles. The molecule has 2 aliphatic heterocycles. The molecule has 3 rings (SSSR count). The summed E-state index contributed by atoms with van der Waals surface area (Å²) in [4.78, 5) is 20.4. The molecule has 5 nitrogen and oxygen atoms in total. The topological polar surface area (TPSA) is 38.8 Å². The van der Waals surface area contributed by atoms with Crippen LogP contribution >= 0.6 is 0 Å². The van der Waals surface area contributed by atoms with Gasteiger partial charge in [0, 0.05) is 31.5 Å². The third-order valence-corrected chi connectivity index (χ3v) is 4.71. The minimum Gasteiger partial charge on any atom is -0.444 e. The first-order valence-corrected chi connectivity index (χ1v) is 8.89. The molecule has 1 aromatic rings. The van der Waals surface area contributed by atoms with Crippen LogP contribution in [0.2, 0.25) is 0 Å². The van der Waals surface area contributed by atoms with E-state index in [1.165, 1.54) is 18.4 Å². The summed E-state index contributed by atoms with van der Waals surface area (Å²) in [6.45, 7) is 9.08. The van der Waals surface area contributed by atoms with E-state index in [9.17, 15) is 4.79 Å². The second-order valence-electron chi connectivity index (χ2n) is 8.09. The molecule has 0 N–H and O–H groups in total. The lowest BCUT2D eigenvalue weighted by molar-refractivity contribution is -1.05. The van der Waals surface area contributed by atoms with Crippen LogP contribution in [-0.2, 0) is 17.7 Å². The molecule has 0 unspecified atom stereocenters. The fraction of sp³-hybridized carbons (Fsp3) is 0.632. The van der Waals surface area contributed by atoms with Crippen LogP contribution in [-0.4, -0.2) is 47.9 Å². The zero-order chi connectivity index (χ0) is 17.4. The summed E-state index contributed by atoms with van der Waals surface area (Å²) in [5.74, 6) is 0.973. The molecule has 1 fully saturated rings. The van der Waals surface area contributed by atoms with E-state index in [0.717, 1.165) is 30.8 Å². The molecule has 132 valence electrons. The number of rotatable bonds is 2. The number of carbonyl (C=O) groups is 1. The Morgan fingerprint density at radius 2 is 1.92 bits per heavy atom. The minimum atomic E-state index is -0.461. The Kier molecular flexibility index (Phi) is 4.47. The highest BCUT2D eigenvalue weighted by Gasteiger charge is 2.33. The van der Waals surface area contributed by atoms with Gasteiger partial charge in [0.25, 0.3) is 0 Å². The predicted molar refractivity (Wildman–Crippen MR) is 92.6 cm³/mol. The van der Waals surface area contributed by atoms with Crippen molar-refractivity contribution in [2.24, 2.45) is 0 Å². The van der Waals surface area contributed by atoms with Crippen molar-refractivity contribution >= 4 is 6.09 Å². The van der Waals surface area contributed by atoms with Crippen molar-refractivity contribution in [2.45, 2.75) is 52.2 Å². The maximum Gasteiger partial charge on any atom is 0.410 e. The molecule has 0 atom stereocenters. The highest BCUT2D eigenvalue weighted by Crippen LogP contribution is 2.31. The SMILES string of the molecule is CC(C)(C)OC(=O)N1CCc2c(cccc2O[N+]2(C)CCCC2)C1. The molecule has 5 heteroatoms. The number of amides is 1. The maximum atomic E-state index is 12.3. The molecule has 2 aliphatic rings. The van der Waals surface area contributed by atoms with Crippen LogP contribution < -0.4 is 4.84 Å². The predicted octanol–water partition coefficient (Wildman–Crippen LogP) is 3.51. The van der Waals surface area contributed by atoms with E-state index in [1.54, 1.807) is 4.90 Å². The van der Waals surface area contributed by atoms with E-state index in [0.29, 0.717) is 17.7 Å². The third kappa shape index (κ3) is 3.83. The lowest BCUT2D eigenvalue weighted by atomic mass is 9.99. The largest absolute Gasteiger partial charge is 0.444 e. The van der Waals surface area contributed by atoms with Crippen molar-refractivity contribution in [3.05, 3.63) is 29.3 Å². The van der Waals surface area contributed by atoms with Gasteiger partial charge < -0.3 is 14.5 Å². The van der Waals surface area contributed by atoms with Crippen LogP contribution in [0, 0.1) is 0 Å². The zero-order valence-electron chi connectivity index (χ0n) is 15.3. The summed E-state index contributed by atoms with van der Waals surface area (Å²) >= 11 is 0. The second-order valence-corrected chi connectivity index (χ2v) is 8.09. The van der Waals surface area contributed by atoms with E-state index in [2.05, 4.69) is 19.2 Å². The van der Waals surface area contributed by atoms with Crippen LogP contribution in [0.15, 0.2) is 18.2 Å². The first-order valence-electron chi connectivity index (χ1n) is 8.89. The molecular formula is C19H29N2O3+. The summed E-state index contributed by atoms with van der Waals surface area (Å²) in [6.07, 6.45) is 3.01. The van der Waals surface area contributed by atoms with Crippen LogP contribution in [0.25, 0.3) is 0 Å². The average molecular weight is 333 g/mol. The monoisotopic (exact) mass is 333 g/mol. The van der Waals surface area contributed by atoms with Gasteiger partial charge in [-0.1, -0.05) is 12.1 Å². The van der Waals surface area contributed by atoms with Crippen LogP contribution in [0.1, 0.15) is 44.7 Å². The normalized spacial score (nSPS) is 19.8. The second kappa shape index (κ2) is 6.28. The lowest BCUT2D eigenvalue weighted by Crippen LogP contribution is -2.45. The van der Waals surface area contributed by atoms with Gasteiger partial charge in [0.1, 0.15) is 25.7 Å². The lowest BCUT2D eigenvalue weighted by Gasteiger charge is -2.33. The standard InChI is InChI=1S/C19H29N2O3/c1-19(2,3)23-18(22)20-11-10-16-15(14-20)8-7-9-17(16)24-21(4)12-5-6-13-21/h7-9H,5-6,10-14H2,1-4H3/q+1. The van der Waals surface area contributed by atoms with E-state index in [4.69, 9.17) is 9.57 Å². The summed E-state index contributed by atoms with van der Waals surface area (Å²) in [6, 6.07) is 6.17. The molecule has 2 heterocycles. The summed E-state index contributed by atoms with van der Waals surface area (Å²) in [5, 5.41) is 0. The Labute approximate surface area is 144 Å². The molecule has 0 aromatic heterocycles. The minimum absolute atomic E-state index is 0.238. The molecule has 0 spiro atoms. The number of nitrogens with zero attached hydrogens (tertiary/aromatic N) is 2. The van der Waals surface area contributed by atoms with E-state index < -0.39 is 5.60 Å². The Morgan fingerprint density at radius 1 is 1.21 bits per heavy atom. The van der Waals surface area contributed by atoms with Crippen molar-refractivity contribution in [2.75, 3.05) is 26.7 Å². The summed E-state index contributed by atoms with van der Waals surface area (Å²) in [7, 11) is 2.15. The first-order chi connectivity index (χ1) is 11.3. The van der Waals surface area contributed by atoms with E-state index in [1.807, 2.05) is 26.8 Å². The Morgan fingerprint density at radius 3 is 2.58 bits per heavy atom. The Balaban J connectivity index is 1.74. The number of carbonyl (C=O) groups excluding carboxylic acids is 1. The van der Waals surface area contributed by atoms with Gasteiger partial charge in [0.05, 0.1) is 0 Å². The van der Waals surface area contributed by atoms with Gasteiger partial charge in [-0.2, -0.15) is 0 Å². The van der Waals surface area contributed by atoms with Crippen LogP contribution in [0.3, 0.4) is 0 Å². The van der Waals surface area contributed by atoms with Crippen LogP contribution in [0.4, 0.5) is 4.79 Å². The molecule has 1 saturated heterocycles. The van der Waals surface area contributed by atoms with Crippen molar-refractivity contribution < 1.29 is 19.0 Å². The van der Waals surface area contributed by atoms with Gasteiger partial charge in [-0.15, -0.1) is 4.65 Å². The van der Waals surface area contributed by atoms with Gasteiger partial charge >= 0.3 is 6.09 Å². The zero-order valence-corrected chi connectivity index (χ0v) is 15.3. The summed E-state index contributed by atoms with van der Waals surface area (Å²) in [5.41, 5.74) is 1.94.